The Hall–Kier alpha value is -1.57. The van der Waals surface area contributed by atoms with E-state index in [0.717, 1.165) is 16.9 Å². The molecule has 0 bridgehead atoms. The van der Waals surface area contributed by atoms with Crippen LogP contribution >= 0.6 is 23.1 Å². The minimum absolute atomic E-state index is 0.00468. The second-order valence-electron chi connectivity index (χ2n) is 5.74. The highest BCUT2D eigenvalue weighted by atomic mass is 32.2. The van der Waals surface area contributed by atoms with Gasteiger partial charge in [0.2, 0.25) is 25.8 Å². The fourth-order valence-corrected chi connectivity index (χ4v) is 5.25. The van der Waals surface area contributed by atoms with Crippen molar-refractivity contribution < 1.29 is 12.8 Å². The molecular formula is C18H19NO3S3. The van der Waals surface area contributed by atoms with Crippen LogP contribution in [0.1, 0.15) is 25.8 Å². The van der Waals surface area contributed by atoms with Crippen LogP contribution in [-0.2, 0) is 9.84 Å². The minimum Gasteiger partial charge on any atom is -0.428 e. The highest BCUT2D eigenvalue weighted by Gasteiger charge is 2.29. The van der Waals surface area contributed by atoms with E-state index >= 15 is 0 Å². The van der Waals surface area contributed by atoms with Crippen molar-refractivity contribution in [3.8, 4) is 10.8 Å². The van der Waals surface area contributed by atoms with Gasteiger partial charge in [-0.3, -0.25) is 0 Å². The van der Waals surface area contributed by atoms with Crippen molar-refractivity contribution in [2.75, 3.05) is 0 Å². The topological polar surface area (TPSA) is 60.2 Å². The van der Waals surface area contributed by atoms with Crippen molar-refractivity contribution in [1.82, 2.24) is 4.98 Å². The van der Waals surface area contributed by atoms with Crippen LogP contribution in [0.3, 0.4) is 0 Å². The molecule has 25 heavy (non-hydrogen) atoms. The molecule has 0 radical (unpaired) electrons. The van der Waals surface area contributed by atoms with Gasteiger partial charge in [0.1, 0.15) is 0 Å². The number of hydrogen-bond acceptors (Lipinski definition) is 6. The van der Waals surface area contributed by atoms with Crippen LogP contribution in [-0.4, -0.2) is 18.7 Å². The van der Waals surface area contributed by atoms with Gasteiger partial charge in [-0.1, -0.05) is 49.4 Å². The second kappa shape index (κ2) is 7.35. The van der Waals surface area contributed by atoms with Crippen molar-refractivity contribution in [3.05, 3.63) is 47.3 Å². The largest absolute Gasteiger partial charge is 0.428 e. The molecule has 3 rings (SSSR count). The normalized spacial score (nSPS) is 13.1. The van der Waals surface area contributed by atoms with Gasteiger partial charge in [-0.25, -0.2) is 8.42 Å². The third-order valence-electron chi connectivity index (χ3n) is 3.77. The number of aromatic nitrogens is 1. The molecule has 0 spiro atoms. The number of aryl methyl sites for hydroxylation is 1. The molecule has 0 saturated heterocycles. The summed E-state index contributed by atoms with van der Waals surface area (Å²) >= 11 is 2.88. The number of thioether (sulfide) groups is 1. The van der Waals surface area contributed by atoms with Crippen molar-refractivity contribution in [1.29, 1.82) is 0 Å². The molecule has 0 N–H and O–H groups in total. The van der Waals surface area contributed by atoms with E-state index < -0.39 is 9.84 Å². The predicted octanol–water partition coefficient (Wildman–Crippen LogP) is 5.43. The summed E-state index contributed by atoms with van der Waals surface area (Å²) in [6.45, 7) is 6.02. The van der Waals surface area contributed by atoms with E-state index in [-0.39, 0.29) is 15.2 Å². The summed E-state index contributed by atoms with van der Waals surface area (Å²) in [5.41, 5.74) is 1.01. The molecule has 0 unspecified atom stereocenters. The standard InChI is InChI=1S/C18H19NO3S3/c1-4-13(3)24-18-17(19-16(22-18)15-6-5-11-23-15)25(20,21)14-9-7-12(2)8-10-14/h5-11,13H,4H2,1-3H3/t13-/m1/s1. The Balaban J connectivity index is 2.10. The number of oxazole rings is 1. The lowest BCUT2D eigenvalue weighted by Gasteiger charge is -2.07. The monoisotopic (exact) mass is 393 g/mol. The third kappa shape index (κ3) is 3.83. The smallest absolute Gasteiger partial charge is 0.238 e. The van der Waals surface area contributed by atoms with Crippen molar-refractivity contribution in [2.45, 2.75) is 47.5 Å². The molecular weight excluding hydrogens is 374 g/mol. The van der Waals surface area contributed by atoms with Crippen LogP contribution in [0, 0.1) is 6.92 Å². The lowest BCUT2D eigenvalue weighted by Crippen LogP contribution is -2.05. The first-order valence-electron chi connectivity index (χ1n) is 7.95. The summed E-state index contributed by atoms with van der Waals surface area (Å²) in [6, 6.07) is 10.6. The molecule has 0 saturated carbocycles. The Kier molecular flexibility index (Phi) is 5.36. The molecule has 7 heteroatoms. The molecule has 3 aromatic rings. The highest BCUT2D eigenvalue weighted by Crippen LogP contribution is 2.38. The van der Waals surface area contributed by atoms with E-state index in [2.05, 4.69) is 11.9 Å². The molecule has 0 aliphatic heterocycles. The molecule has 2 aromatic heterocycles. The van der Waals surface area contributed by atoms with Crippen LogP contribution in [0.5, 0.6) is 0 Å². The van der Waals surface area contributed by atoms with Gasteiger partial charge >= 0.3 is 0 Å². The summed E-state index contributed by atoms with van der Waals surface area (Å²) in [6.07, 6.45) is 0.906. The Morgan fingerprint density at radius 1 is 1.24 bits per heavy atom. The number of benzene rings is 1. The lowest BCUT2D eigenvalue weighted by molar-refractivity contribution is 0.470. The highest BCUT2D eigenvalue weighted by molar-refractivity contribution is 8.00. The molecule has 0 amide bonds. The Morgan fingerprint density at radius 3 is 2.56 bits per heavy atom. The fraction of sp³-hybridized carbons (Fsp3) is 0.278. The maximum Gasteiger partial charge on any atom is 0.238 e. The molecule has 0 aliphatic rings. The first-order chi connectivity index (χ1) is 11.9. The fourth-order valence-electron chi connectivity index (χ4n) is 2.14. The van der Waals surface area contributed by atoms with E-state index in [1.807, 2.05) is 31.4 Å². The Labute approximate surface area is 156 Å². The van der Waals surface area contributed by atoms with Crippen LogP contribution < -0.4 is 0 Å². The first-order valence-corrected chi connectivity index (χ1v) is 11.2. The van der Waals surface area contributed by atoms with Crippen LogP contribution in [0.4, 0.5) is 0 Å². The molecule has 4 nitrogen and oxygen atoms in total. The Morgan fingerprint density at radius 2 is 1.96 bits per heavy atom. The summed E-state index contributed by atoms with van der Waals surface area (Å²) in [5.74, 6) is 0.353. The van der Waals surface area contributed by atoms with Crippen LogP contribution in [0.25, 0.3) is 10.8 Å². The van der Waals surface area contributed by atoms with Gasteiger partial charge in [0.25, 0.3) is 0 Å². The average Bonchev–Trinajstić information content (AvgIpc) is 3.24. The first kappa shape index (κ1) is 18.2. The summed E-state index contributed by atoms with van der Waals surface area (Å²) in [4.78, 5) is 5.39. The number of sulfone groups is 1. The van der Waals surface area contributed by atoms with Gasteiger partial charge in [0.15, 0.2) is 0 Å². The third-order valence-corrected chi connectivity index (χ3v) is 7.66. The van der Waals surface area contributed by atoms with Gasteiger partial charge in [0.05, 0.1) is 9.77 Å². The van der Waals surface area contributed by atoms with Gasteiger partial charge in [0, 0.05) is 5.25 Å². The lowest BCUT2D eigenvalue weighted by atomic mass is 10.2. The molecule has 0 aliphatic carbocycles. The number of nitrogens with zero attached hydrogens (tertiary/aromatic N) is 1. The SMILES string of the molecule is CC[C@@H](C)Sc1oc(-c2cccs2)nc1S(=O)(=O)c1ccc(C)cc1. The molecule has 1 aromatic carbocycles. The summed E-state index contributed by atoms with van der Waals surface area (Å²) in [5, 5.41) is 2.51. The minimum atomic E-state index is -3.73. The van der Waals surface area contributed by atoms with E-state index in [9.17, 15) is 8.42 Å². The maximum absolute atomic E-state index is 13.1. The van der Waals surface area contributed by atoms with Gasteiger partial charge in [-0.05, 0) is 36.9 Å². The summed E-state index contributed by atoms with van der Waals surface area (Å²) < 4.78 is 32.0. The van der Waals surface area contributed by atoms with Crippen LogP contribution in [0.15, 0.2) is 61.2 Å². The summed E-state index contributed by atoms with van der Waals surface area (Å²) in [7, 11) is -3.73. The van der Waals surface area contributed by atoms with Crippen molar-refractivity contribution in [2.24, 2.45) is 0 Å². The molecule has 0 fully saturated rings. The zero-order valence-corrected chi connectivity index (χ0v) is 16.7. The van der Waals surface area contributed by atoms with E-state index in [4.69, 9.17) is 4.42 Å². The number of thiophene rings is 1. The predicted molar refractivity (Wildman–Crippen MR) is 102 cm³/mol. The van der Waals surface area contributed by atoms with Gasteiger partial charge < -0.3 is 4.42 Å². The molecule has 132 valence electrons. The van der Waals surface area contributed by atoms with Gasteiger partial charge in [-0.15, -0.1) is 11.3 Å². The second-order valence-corrected chi connectivity index (χ2v) is 9.97. The van der Waals surface area contributed by atoms with Crippen molar-refractivity contribution >= 4 is 32.9 Å². The quantitative estimate of drug-likeness (QED) is 0.522. The molecule has 2 heterocycles. The van der Waals surface area contributed by atoms with Gasteiger partial charge in [-0.2, -0.15) is 4.98 Å². The Bertz CT molecular complexity index is 942. The van der Waals surface area contributed by atoms with Crippen molar-refractivity contribution in [3.63, 3.8) is 0 Å². The zero-order valence-electron chi connectivity index (χ0n) is 14.2. The van der Waals surface area contributed by atoms with E-state index in [1.54, 1.807) is 24.3 Å². The zero-order chi connectivity index (χ0) is 18.0. The number of hydrogen-bond donors (Lipinski definition) is 0. The number of rotatable bonds is 6. The van der Waals surface area contributed by atoms with E-state index in [0.29, 0.717) is 11.0 Å². The van der Waals surface area contributed by atoms with Crippen LogP contribution in [0.2, 0.25) is 0 Å². The average molecular weight is 394 g/mol. The van der Waals surface area contributed by atoms with E-state index in [1.165, 1.54) is 23.1 Å². The maximum atomic E-state index is 13.1. The molecule has 1 atom stereocenters.